The van der Waals surface area contributed by atoms with Gasteiger partial charge in [-0.25, -0.2) is 4.79 Å². The monoisotopic (exact) mass is 293 g/mol. The Morgan fingerprint density at radius 1 is 1.43 bits per heavy atom. The lowest BCUT2D eigenvalue weighted by Gasteiger charge is -2.33. The van der Waals surface area contributed by atoms with Gasteiger partial charge in [0.2, 0.25) is 0 Å². The summed E-state index contributed by atoms with van der Waals surface area (Å²) in [5.74, 6) is 0.984. The second-order valence-corrected chi connectivity index (χ2v) is 6.74. The summed E-state index contributed by atoms with van der Waals surface area (Å²) in [5, 5.41) is 3.47. The standard InChI is InChI=1S/C16H27N3O2/c1-5-12-6-7-14(17-12)18-13-8-10-19(11-9-13)15(20)21-16(2,3)4/h6-7,12-13H,5,8-11H2,1-4H3,(H,17,18). The molecule has 0 radical (unpaired) electrons. The largest absolute Gasteiger partial charge is 0.444 e. The van der Waals surface area contributed by atoms with Crippen molar-refractivity contribution in [3.8, 4) is 0 Å². The van der Waals surface area contributed by atoms with Gasteiger partial charge >= 0.3 is 6.09 Å². The van der Waals surface area contributed by atoms with Crippen LogP contribution in [0.3, 0.4) is 0 Å². The summed E-state index contributed by atoms with van der Waals surface area (Å²) < 4.78 is 5.41. The molecule has 1 unspecified atom stereocenters. The first kappa shape index (κ1) is 15.9. The molecule has 1 saturated heterocycles. The minimum Gasteiger partial charge on any atom is -0.444 e. The fourth-order valence-electron chi connectivity index (χ4n) is 2.52. The lowest BCUT2D eigenvalue weighted by atomic mass is 10.1. The molecular formula is C16H27N3O2. The van der Waals surface area contributed by atoms with E-state index in [1.807, 2.05) is 20.8 Å². The molecule has 0 spiro atoms. The Morgan fingerprint density at radius 2 is 2.10 bits per heavy atom. The van der Waals surface area contributed by atoms with Gasteiger partial charge in [-0.1, -0.05) is 13.0 Å². The minimum atomic E-state index is -0.426. The van der Waals surface area contributed by atoms with Crippen LogP contribution in [-0.4, -0.2) is 47.6 Å². The molecule has 1 N–H and O–H groups in total. The number of amides is 1. The Labute approximate surface area is 127 Å². The van der Waals surface area contributed by atoms with Crippen molar-refractivity contribution in [3.63, 3.8) is 0 Å². The minimum absolute atomic E-state index is 0.204. The second kappa shape index (κ2) is 6.50. The molecule has 1 amide bonds. The fraction of sp³-hybridized carbons (Fsp3) is 0.750. The zero-order valence-electron chi connectivity index (χ0n) is 13.6. The van der Waals surface area contributed by atoms with Crippen molar-refractivity contribution in [1.82, 2.24) is 10.2 Å². The van der Waals surface area contributed by atoms with Crippen LogP contribution in [0.5, 0.6) is 0 Å². The van der Waals surface area contributed by atoms with Crippen LogP contribution in [0.2, 0.25) is 0 Å². The molecule has 0 aliphatic carbocycles. The number of nitrogens with zero attached hydrogens (tertiary/aromatic N) is 2. The van der Waals surface area contributed by atoms with Crippen LogP contribution in [0.25, 0.3) is 0 Å². The van der Waals surface area contributed by atoms with E-state index in [9.17, 15) is 4.79 Å². The maximum Gasteiger partial charge on any atom is 0.410 e. The summed E-state index contributed by atoms with van der Waals surface area (Å²) in [6.07, 6.45) is 6.90. The Bertz CT molecular complexity index is 429. The Kier molecular flexibility index (Phi) is 4.91. The van der Waals surface area contributed by atoms with E-state index in [2.05, 4.69) is 29.4 Å². The molecule has 0 aromatic rings. The molecule has 0 aromatic carbocycles. The van der Waals surface area contributed by atoms with Crippen molar-refractivity contribution in [3.05, 3.63) is 12.2 Å². The molecule has 21 heavy (non-hydrogen) atoms. The van der Waals surface area contributed by atoms with Gasteiger partial charge in [0.15, 0.2) is 0 Å². The van der Waals surface area contributed by atoms with Crippen molar-refractivity contribution in [2.75, 3.05) is 13.1 Å². The van der Waals surface area contributed by atoms with Gasteiger partial charge in [0.25, 0.3) is 0 Å². The van der Waals surface area contributed by atoms with Crippen LogP contribution in [0.1, 0.15) is 47.0 Å². The summed E-state index contributed by atoms with van der Waals surface area (Å²) in [7, 11) is 0. The molecule has 1 fully saturated rings. The van der Waals surface area contributed by atoms with Crippen LogP contribution in [0.4, 0.5) is 4.79 Å². The fourth-order valence-corrected chi connectivity index (χ4v) is 2.52. The van der Waals surface area contributed by atoms with E-state index in [4.69, 9.17) is 4.74 Å². The van der Waals surface area contributed by atoms with E-state index >= 15 is 0 Å². The van der Waals surface area contributed by atoms with Gasteiger partial charge in [0.05, 0.1) is 6.04 Å². The predicted octanol–water partition coefficient (Wildman–Crippen LogP) is 2.72. The lowest BCUT2D eigenvalue weighted by molar-refractivity contribution is 0.0203. The number of likely N-dealkylation sites (tertiary alicyclic amines) is 1. The van der Waals surface area contributed by atoms with E-state index in [0.29, 0.717) is 12.1 Å². The van der Waals surface area contributed by atoms with Crippen molar-refractivity contribution in [1.29, 1.82) is 0 Å². The summed E-state index contributed by atoms with van der Waals surface area (Å²) in [4.78, 5) is 18.4. The molecule has 0 saturated carbocycles. The highest BCUT2D eigenvalue weighted by Gasteiger charge is 2.27. The highest BCUT2D eigenvalue weighted by Crippen LogP contribution is 2.16. The number of ether oxygens (including phenoxy) is 1. The molecule has 0 aromatic heterocycles. The number of hydrogen-bond acceptors (Lipinski definition) is 4. The third kappa shape index (κ3) is 4.76. The Hall–Kier alpha value is -1.52. The first-order chi connectivity index (χ1) is 9.87. The summed E-state index contributed by atoms with van der Waals surface area (Å²) in [5.41, 5.74) is -0.426. The summed E-state index contributed by atoms with van der Waals surface area (Å²) >= 11 is 0. The highest BCUT2D eigenvalue weighted by atomic mass is 16.6. The average Bonchev–Trinajstić information content (AvgIpc) is 2.85. The van der Waals surface area contributed by atoms with Gasteiger partial charge in [0.1, 0.15) is 11.4 Å². The molecule has 2 rings (SSSR count). The van der Waals surface area contributed by atoms with E-state index in [1.54, 1.807) is 4.90 Å². The van der Waals surface area contributed by atoms with E-state index in [1.165, 1.54) is 0 Å². The van der Waals surface area contributed by atoms with Gasteiger partial charge < -0.3 is 15.0 Å². The zero-order valence-corrected chi connectivity index (χ0v) is 13.6. The predicted molar refractivity (Wildman–Crippen MR) is 84.6 cm³/mol. The molecule has 2 aliphatic rings. The average molecular weight is 293 g/mol. The molecular weight excluding hydrogens is 266 g/mol. The van der Waals surface area contributed by atoms with E-state index < -0.39 is 5.60 Å². The van der Waals surface area contributed by atoms with Crippen LogP contribution in [0, 0.1) is 0 Å². The van der Waals surface area contributed by atoms with Gasteiger partial charge in [-0.3, -0.25) is 4.99 Å². The van der Waals surface area contributed by atoms with Gasteiger partial charge in [0, 0.05) is 19.1 Å². The van der Waals surface area contributed by atoms with Crippen molar-refractivity contribution >= 4 is 11.9 Å². The first-order valence-corrected chi connectivity index (χ1v) is 7.88. The number of carbonyl (C=O) groups is 1. The lowest BCUT2D eigenvalue weighted by Crippen LogP contribution is -2.47. The maximum atomic E-state index is 12.0. The van der Waals surface area contributed by atoms with E-state index in [0.717, 1.165) is 38.2 Å². The molecule has 118 valence electrons. The van der Waals surface area contributed by atoms with Crippen molar-refractivity contribution in [2.24, 2.45) is 4.99 Å². The maximum absolute atomic E-state index is 12.0. The van der Waals surface area contributed by atoms with Gasteiger partial charge in [-0.15, -0.1) is 0 Å². The number of aliphatic imine (C=N–C) groups is 1. The normalized spacial score (nSPS) is 23.1. The van der Waals surface area contributed by atoms with Crippen LogP contribution >= 0.6 is 0 Å². The number of rotatable bonds is 2. The smallest absolute Gasteiger partial charge is 0.410 e. The van der Waals surface area contributed by atoms with Crippen molar-refractivity contribution < 1.29 is 9.53 Å². The third-order valence-corrected chi connectivity index (χ3v) is 3.70. The number of hydrogen-bond donors (Lipinski definition) is 1. The molecule has 0 bridgehead atoms. The number of nitrogens with one attached hydrogen (secondary N) is 1. The summed E-state index contributed by atoms with van der Waals surface area (Å²) in [6.45, 7) is 9.30. The van der Waals surface area contributed by atoms with Gasteiger partial charge in [-0.05, 0) is 46.1 Å². The quantitative estimate of drug-likeness (QED) is 0.851. The Balaban J connectivity index is 1.76. The Morgan fingerprint density at radius 3 is 2.62 bits per heavy atom. The van der Waals surface area contributed by atoms with Crippen LogP contribution in [-0.2, 0) is 4.74 Å². The zero-order chi connectivity index (χ0) is 15.5. The number of carbonyl (C=O) groups excluding carboxylic acids is 1. The van der Waals surface area contributed by atoms with Crippen LogP contribution in [0.15, 0.2) is 17.1 Å². The highest BCUT2D eigenvalue weighted by molar-refractivity contribution is 5.95. The van der Waals surface area contributed by atoms with Gasteiger partial charge in [-0.2, -0.15) is 0 Å². The molecule has 2 heterocycles. The van der Waals surface area contributed by atoms with Crippen LogP contribution < -0.4 is 5.32 Å². The molecule has 5 heteroatoms. The molecule has 2 aliphatic heterocycles. The van der Waals surface area contributed by atoms with Crippen molar-refractivity contribution in [2.45, 2.75) is 64.6 Å². The molecule has 1 atom stereocenters. The second-order valence-electron chi connectivity index (χ2n) is 6.74. The third-order valence-electron chi connectivity index (χ3n) is 3.70. The number of piperidine rings is 1. The summed E-state index contributed by atoms with van der Waals surface area (Å²) in [6, 6.07) is 0.719. The SMILES string of the molecule is CCC1C=CC(NC2CCN(C(=O)OC(C)(C)C)CC2)=N1. The number of amidine groups is 1. The molecule has 5 nitrogen and oxygen atoms in total. The van der Waals surface area contributed by atoms with E-state index in [-0.39, 0.29) is 6.09 Å². The first-order valence-electron chi connectivity index (χ1n) is 7.88. The topological polar surface area (TPSA) is 53.9 Å².